The maximum absolute atomic E-state index is 11.6. The first-order chi connectivity index (χ1) is 15.5. The fourth-order valence-electron chi connectivity index (χ4n) is 4.48. The third-order valence-electron chi connectivity index (χ3n) is 5.81. The van der Waals surface area contributed by atoms with Crippen molar-refractivity contribution >= 4 is 28.7 Å². The molecular weight excluding hydrogens is 426 g/mol. The van der Waals surface area contributed by atoms with Gasteiger partial charge in [0.1, 0.15) is 18.0 Å². The van der Waals surface area contributed by atoms with Crippen LogP contribution in [0.25, 0.3) is 10.9 Å². The number of primary amides is 1. The Labute approximate surface area is 193 Å². The van der Waals surface area contributed by atoms with Gasteiger partial charge in [-0.05, 0) is 57.7 Å². The summed E-state index contributed by atoms with van der Waals surface area (Å²) in [5.41, 5.74) is 5.98. The van der Waals surface area contributed by atoms with Crippen LogP contribution in [0.2, 0.25) is 0 Å². The number of amides is 1. The van der Waals surface area contributed by atoms with Crippen LogP contribution in [0.1, 0.15) is 46.5 Å². The number of benzene rings is 1. The molecule has 0 bridgehead atoms. The van der Waals surface area contributed by atoms with Gasteiger partial charge in [-0.3, -0.25) is 9.78 Å². The minimum absolute atomic E-state index is 0.137. The van der Waals surface area contributed by atoms with Crippen LogP contribution in [0.15, 0.2) is 24.4 Å². The van der Waals surface area contributed by atoms with E-state index in [0.29, 0.717) is 25.4 Å². The number of aromatic hydroxyl groups is 1. The van der Waals surface area contributed by atoms with E-state index in [1.807, 2.05) is 0 Å². The third kappa shape index (κ3) is 6.40. The minimum atomic E-state index is -0.725. The Morgan fingerprint density at radius 3 is 2.64 bits per heavy atom. The van der Waals surface area contributed by atoms with E-state index in [9.17, 15) is 19.8 Å². The minimum Gasteiger partial charge on any atom is -0.508 e. The Morgan fingerprint density at radius 1 is 1.27 bits per heavy atom. The molecule has 4 N–H and O–H groups in total. The smallest absolute Gasteiger partial charge is 0.405 e. The molecule has 1 fully saturated rings. The number of carboxylic acid groups (broad SMARTS) is 1. The number of nitrogens with two attached hydrogens (primary N) is 1. The average Bonchev–Trinajstić information content (AvgIpc) is 2.72. The van der Waals surface area contributed by atoms with Gasteiger partial charge in [-0.25, -0.2) is 4.79 Å². The van der Waals surface area contributed by atoms with Crippen molar-refractivity contribution in [2.75, 3.05) is 24.6 Å². The normalized spacial score (nSPS) is 20.2. The van der Waals surface area contributed by atoms with Gasteiger partial charge in [-0.2, -0.15) is 0 Å². The number of carboxylic acids is 1. The van der Waals surface area contributed by atoms with Crippen LogP contribution in [0.4, 0.5) is 10.5 Å². The molecule has 2 atom stereocenters. The molecule has 1 aromatic carbocycles. The first-order valence-corrected chi connectivity index (χ1v) is 11.3. The standard InChI is InChI=1S/C19H22N2O4.C5H11NO2/c22-13-5-6-16-15(9-13)18-17(10-20-16)25-8-7-21(18)11-12-3-1-2-4-14(12)19(23)24;1-5(2,3)8-4(6)7/h5-6,9-10,12,14,22H,1-4,7-8,11H2,(H,23,24);1-3H3,(H2,6,7)/t12-,14-;/m1./s1. The van der Waals surface area contributed by atoms with Gasteiger partial charge >= 0.3 is 12.1 Å². The number of phenolic OH excluding ortho intramolecular Hbond substituents is 1. The lowest BCUT2D eigenvalue weighted by atomic mass is 9.79. The third-order valence-corrected chi connectivity index (χ3v) is 5.81. The number of carbonyl (C=O) groups excluding carboxylic acids is 1. The molecule has 9 nitrogen and oxygen atoms in total. The van der Waals surface area contributed by atoms with Gasteiger partial charge in [0.15, 0.2) is 5.75 Å². The number of rotatable bonds is 3. The summed E-state index contributed by atoms with van der Waals surface area (Å²) in [5.74, 6) is 0.0658. The number of aliphatic carboxylic acids is 1. The van der Waals surface area contributed by atoms with E-state index >= 15 is 0 Å². The molecule has 33 heavy (non-hydrogen) atoms. The fourth-order valence-corrected chi connectivity index (χ4v) is 4.48. The number of hydrogen-bond donors (Lipinski definition) is 3. The molecular formula is C24H33N3O6. The summed E-state index contributed by atoms with van der Waals surface area (Å²) in [7, 11) is 0. The van der Waals surface area contributed by atoms with Crippen molar-refractivity contribution in [3.8, 4) is 11.5 Å². The van der Waals surface area contributed by atoms with Gasteiger partial charge in [0.25, 0.3) is 0 Å². The van der Waals surface area contributed by atoms with Crippen LogP contribution >= 0.6 is 0 Å². The molecule has 9 heteroatoms. The van der Waals surface area contributed by atoms with Crippen molar-refractivity contribution < 1.29 is 29.3 Å². The zero-order valence-electron chi connectivity index (χ0n) is 19.4. The van der Waals surface area contributed by atoms with Gasteiger partial charge < -0.3 is 30.3 Å². The van der Waals surface area contributed by atoms with Crippen molar-refractivity contribution in [2.24, 2.45) is 17.6 Å². The van der Waals surface area contributed by atoms with E-state index in [-0.39, 0.29) is 17.6 Å². The summed E-state index contributed by atoms with van der Waals surface area (Å²) in [6.07, 6.45) is 4.78. The second-order valence-electron chi connectivity index (χ2n) is 9.49. The molecule has 1 aliphatic carbocycles. The van der Waals surface area contributed by atoms with Gasteiger partial charge in [0.2, 0.25) is 0 Å². The number of nitrogens with zero attached hydrogens (tertiary/aromatic N) is 2. The number of pyridine rings is 1. The van der Waals surface area contributed by atoms with E-state index in [2.05, 4.69) is 14.6 Å². The molecule has 4 rings (SSSR count). The van der Waals surface area contributed by atoms with E-state index in [1.165, 1.54) is 0 Å². The van der Waals surface area contributed by atoms with E-state index in [4.69, 9.17) is 10.5 Å². The van der Waals surface area contributed by atoms with Crippen LogP contribution in [-0.4, -0.2) is 52.6 Å². The van der Waals surface area contributed by atoms with Gasteiger partial charge in [-0.15, -0.1) is 0 Å². The van der Waals surface area contributed by atoms with E-state index in [0.717, 1.165) is 42.3 Å². The number of aromatic nitrogens is 1. The quantitative estimate of drug-likeness (QED) is 0.629. The number of fused-ring (bicyclic) bond motifs is 3. The van der Waals surface area contributed by atoms with Crippen LogP contribution in [-0.2, 0) is 9.53 Å². The Bertz CT molecular complexity index is 1000. The molecule has 180 valence electrons. The second-order valence-corrected chi connectivity index (χ2v) is 9.49. The molecule has 1 aliphatic heterocycles. The number of phenols is 1. The van der Waals surface area contributed by atoms with Gasteiger partial charge in [0, 0.05) is 11.9 Å². The van der Waals surface area contributed by atoms with Crippen LogP contribution in [0.5, 0.6) is 11.5 Å². The van der Waals surface area contributed by atoms with E-state index in [1.54, 1.807) is 45.2 Å². The molecule has 1 saturated carbocycles. The predicted molar refractivity (Wildman–Crippen MR) is 125 cm³/mol. The number of ether oxygens (including phenoxy) is 2. The average molecular weight is 460 g/mol. The Balaban J connectivity index is 0.000000331. The maximum atomic E-state index is 11.6. The second kappa shape index (κ2) is 10.1. The largest absolute Gasteiger partial charge is 0.508 e. The summed E-state index contributed by atoms with van der Waals surface area (Å²) < 4.78 is 10.3. The summed E-state index contributed by atoms with van der Waals surface area (Å²) in [6, 6.07) is 5.12. The molecule has 2 heterocycles. The van der Waals surface area contributed by atoms with Crippen molar-refractivity contribution in [3.05, 3.63) is 24.4 Å². The van der Waals surface area contributed by atoms with Crippen LogP contribution in [0.3, 0.4) is 0 Å². The number of carbonyl (C=O) groups is 2. The van der Waals surface area contributed by atoms with E-state index < -0.39 is 17.7 Å². The zero-order valence-corrected chi connectivity index (χ0v) is 19.4. The number of hydrogen-bond acceptors (Lipinski definition) is 7. The van der Waals surface area contributed by atoms with Crippen molar-refractivity contribution in [3.63, 3.8) is 0 Å². The Kier molecular flexibility index (Phi) is 7.50. The molecule has 0 unspecified atom stereocenters. The van der Waals surface area contributed by atoms with Crippen molar-refractivity contribution in [2.45, 2.75) is 52.1 Å². The molecule has 0 spiro atoms. The highest BCUT2D eigenvalue weighted by Crippen LogP contribution is 2.40. The van der Waals surface area contributed by atoms with Gasteiger partial charge in [0.05, 0.1) is 29.9 Å². The topological polar surface area (TPSA) is 135 Å². The molecule has 2 aromatic rings. The van der Waals surface area contributed by atoms with Crippen LogP contribution < -0.4 is 15.4 Å². The maximum Gasteiger partial charge on any atom is 0.405 e. The lowest BCUT2D eigenvalue weighted by Crippen LogP contribution is -2.41. The highest BCUT2D eigenvalue weighted by atomic mass is 16.6. The van der Waals surface area contributed by atoms with Gasteiger partial charge in [-0.1, -0.05) is 12.8 Å². The number of anilines is 1. The highest BCUT2D eigenvalue weighted by molar-refractivity contribution is 5.96. The lowest BCUT2D eigenvalue weighted by molar-refractivity contribution is -0.144. The SMILES string of the molecule is CC(C)(C)OC(N)=O.O=C(O)[C@@H]1CCCC[C@@H]1CN1CCOc2cnc3ccc(O)cc3c21. The predicted octanol–water partition coefficient (Wildman–Crippen LogP) is 3.91. The first kappa shape index (κ1) is 24.4. The van der Waals surface area contributed by atoms with Crippen molar-refractivity contribution in [1.82, 2.24) is 4.98 Å². The van der Waals surface area contributed by atoms with Crippen LogP contribution in [0, 0.1) is 11.8 Å². The Hall–Kier alpha value is -3.23. The van der Waals surface area contributed by atoms with Crippen molar-refractivity contribution in [1.29, 1.82) is 0 Å². The summed E-state index contributed by atoms with van der Waals surface area (Å²) in [4.78, 5) is 28.3. The molecule has 2 aliphatic rings. The molecule has 0 saturated heterocycles. The molecule has 1 aromatic heterocycles. The Morgan fingerprint density at radius 2 is 2.00 bits per heavy atom. The fraction of sp³-hybridized carbons (Fsp3) is 0.542. The highest BCUT2D eigenvalue weighted by Gasteiger charge is 2.33. The first-order valence-electron chi connectivity index (χ1n) is 11.3. The summed E-state index contributed by atoms with van der Waals surface area (Å²) >= 11 is 0. The monoisotopic (exact) mass is 459 g/mol. The zero-order chi connectivity index (χ0) is 24.2. The molecule has 1 amide bonds. The molecule has 0 radical (unpaired) electrons. The summed E-state index contributed by atoms with van der Waals surface area (Å²) in [5, 5.41) is 20.3. The lowest BCUT2D eigenvalue weighted by Gasteiger charge is -2.37. The summed E-state index contributed by atoms with van der Waals surface area (Å²) in [6.45, 7) is 7.25.